The molecule has 0 fully saturated rings. The third-order valence-corrected chi connectivity index (χ3v) is 5.02. The van der Waals surface area contributed by atoms with E-state index in [0.717, 1.165) is 6.07 Å². The van der Waals surface area contributed by atoms with E-state index >= 15 is 0 Å². The van der Waals surface area contributed by atoms with Gasteiger partial charge >= 0.3 is 12.1 Å². The fourth-order valence-corrected chi connectivity index (χ4v) is 3.74. The minimum atomic E-state index is -5.93. The summed E-state index contributed by atoms with van der Waals surface area (Å²) in [6, 6.07) is 10.8. The largest absolute Gasteiger partial charge is 0.458 e. The molecule has 0 atom stereocenters. The lowest BCUT2D eigenvalue weighted by molar-refractivity contribution is -0.288. The maximum atomic E-state index is 14.6. The smallest absolute Gasteiger partial charge is 0.289 e. The van der Waals surface area contributed by atoms with E-state index in [2.05, 4.69) is 0 Å². The van der Waals surface area contributed by atoms with Crippen LogP contribution in [0.3, 0.4) is 0 Å². The highest BCUT2D eigenvalue weighted by atomic mass is 19.4. The molecule has 0 spiro atoms. The molecule has 4 rings (SSSR count). The fourth-order valence-electron chi connectivity index (χ4n) is 3.74. The SMILES string of the molecule is Cc1c2c(c(C(F)(F)C(F)(F)F)c3ccccc13)C(=O)c1ccccc1C2=O. The Morgan fingerprint density at radius 3 is 1.68 bits per heavy atom. The summed E-state index contributed by atoms with van der Waals surface area (Å²) in [7, 11) is 0. The summed E-state index contributed by atoms with van der Waals surface area (Å²) in [5, 5.41) is -0.331. The Balaban J connectivity index is 2.24. The van der Waals surface area contributed by atoms with E-state index < -0.39 is 45.7 Å². The minimum Gasteiger partial charge on any atom is -0.289 e. The van der Waals surface area contributed by atoms with Crippen molar-refractivity contribution in [1.29, 1.82) is 0 Å². The molecule has 2 nitrogen and oxygen atoms in total. The van der Waals surface area contributed by atoms with Crippen molar-refractivity contribution in [3.8, 4) is 0 Å². The van der Waals surface area contributed by atoms with Crippen LogP contribution in [-0.2, 0) is 5.92 Å². The summed E-state index contributed by atoms with van der Waals surface area (Å²) in [5.41, 5.74) is -2.75. The molecular weight excluding hydrogens is 379 g/mol. The number of carbonyl (C=O) groups is 2. The number of hydrogen-bond donors (Lipinski definition) is 0. The monoisotopic (exact) mass is 390 g/mol. The van der Waals surface area contributed by atoms with Crippen LogP contribution in [0.4, 0.5) is 22.0 Å². The van der Waals surface area contributed by atoms with Gasteiger partial charge in [-0.05, 0) is 23.3 Å². The van der Waals surface area contributed by atoms with Crippen molar-refractivity contribution < 1.29 is 31.5 Å². The Bertz CT molecular complexity index is 1180. The Kier molecular flexibility index (Phi) is 3.72. The standard InChI is InChI=1S/C21H11F5O2/c1-10-11-6-2-3-7-12(11)17(20(22,23)21(24,25)26)16-15(10)18(27)13-8-4-5-9-14(13)19(16)28/h2-9H,1H3. The molecule has 0 heterocycles. The summed E-state index contributed by atoms with van der Waals surface area (Å²) in [4.78, 5) is 26.0. The molecule has 0 aliphatic heterocycles. The molecule has 0 saturated heterocycles. The van der Waals surface area contributed by atoms with Gasteiger partial charge in [0.1, 0.15) is 0 Å². The van der Waals surface area contributed by atoms with Crippen LogP contribution in [0.25, 0.3) is 10.8 Å². The van der Waals surface area contributed by atoms with Crippen molar-refractivity contribution in [3.05, 3.63) is 81.9 Å². The lowest BCUT2D eigenvalue weighted by Crippen LogP contribution is -2.37. The van der Waals surface area contributed by atoms with Crippen molar-refractivity contribution in [2.24, 2.45) is 0 Å². The van der Waals surface area contributed by atoms with Crippen LogP contribution in [-0.4, -0.2) is 17.7 Å². The maximum Gasteiger partial charge on any atom is 0.458 e. The van der Waals surface area contributed by atoms with E-state index in [4.69, 9.17) is 0 Å². The van der Waals surface area contributed by atoms with Crippen LogP contribution in [0.2, 0.25) is 0 Å². The molecule has 0 radical (unpaired) electrons. The van der Waals surface area contributed by atoms with Gasteiger partial charge in [-0.2, -0.15) is 22.0 Å². The second-order valence-electron chi connectivity index (χ2n) is 6.57. The average molecular weight is 390 g/mol. The van der Waals surface area contributed by atoms with Gasteiger partial charge in [0.15, 0.2) is 11.6 Å². The topological polar surface area (TPSA) is 34.1 Å². The first-order valence-electron chi connectivity index (χ1n) is 8.26. The van der Waals surface area contributed by atoms with Gasteiger partial charge in [0, 0.05) is 22.3 Å². The summed E-state index contributed by atoms with van der Waals surface area (Å²) in [5.74, 6) is -7.07. The summed E-state index contributed by atoms with van der Waals surface area (Å²) < 4.78 is 69.1. The van der Waals surface area contributed by atoms with Gasteiger partial charge in [-0.1, -0.05) is 48.5 Å². The van der Waals surface area contributed by atoms with E-state index in [-0.39, 0.29) is 22.1 Å². The predicted octanol–water partition coefficient (Wildman–Crippen LogP) is 5.58. The number of halogens is 5. The van der Waals surface area contributed by atoms with E-state index in [9.17, 15) is 31.5 Å². The predicted molar refractivity (Wildman–Crippen MR) is 91.9 cm³/mol. The summed E-state index contributed by atoms with van der Waals surface area (Å²) >= 11 is 0. The van der Waals surface area contributed by atoms with E-state index in [0.29, 0.717) is 0 Å². The first-order chi connectivity index (χ1) is 13.1. The molecule has 3 aromatic rings. The van der Waals surface area contributed by atoms with Gasteiger partial charge in [0.2, 0.25) is 0 Å². The zero-order valence-corrected chi connectivity index (χ0v) is 14.3. The second kappa shape index (κ2) is 5.70. The van der Waals surface area contributed by atoms with Crippen molar-refractivity contribution in [1.82, 2.24) is 0 Å². The molecule has 0 bridgehead atoms. The van der Waals surface area contributed by atoms with Gasteiger partial charge in [0.25, 0.3) is 0 Å². The van der Waals surface area contributed by atoms with Crippen molar-refractivity contribution in [2.75, 3.05) is 0 Å². The Hall–Kier alpha value is -3.09. The molecule has 7 heteroatoms. The molecule has 28 heavy (non-hydrogen) atoms. The van der Waals surface area contributed by atoms with Crippen molar-refractivity contribution in [3.63, 3.8) is 0 Å². The number of hydrogen-bond acceptors (Lipinski definition) is 2. The molecule has 142 valence electrons. The highest BCUT2D eigenvalue weighted by molar-refractivity contribution is 6.31. The number of aryl methyl sites for hydroxylation is 1. The van der Waals surface area contributed by atoms with E-state index in [1.807, 2.05) is 0 Å². The molecule has 0 aromatic heterocycles. The van der Waals surface area contributed by atoms with E-state index in [1.54, 1.807) is 0 Å². The normalized spacial score (nSPS) is 14.2. The van der Waals surface area contributed by atoms with Crippen LogP contribution >= 0.6 is 0 Å². The number of ketones is 2. The average Bonchev–Trinajstić information content (AvgIpc) is 2.65. The molecule has 0 unspecified atom stereocenters. The number of fused-ring (bicyclic) bond motifs is 3. The highest BCUT2D eigenvalue weighted by Gasteiger charge is 2.61. The molecular formula is C21H11F5O2. The zero-order chi connectivity index (χ0) is 20.4. The number of benzene rings is 3. The second-order valence-corrected chi connectivity index (χ2v) is 6.57. The number of carbonyl (C=O) groups excluding carboxylic acids is 2. The summed E-state index contributed by atoms with van der Waals surface area (Å²) in [6.07, 6.45) is -5.93. The van der Waals surface area contributed by atoms with Gasteiger partial charge < -0.3 is 0 Å². The Labute approximate surface area is 155 Å². The summed E-state index contributed by atoms with van der Waals surface area (Å²) in [6.45, 7) is 1.44. The first-order valence-corrected chi connectivity index (χ1v) is 8.26. The van der Waals surface area contributed by atoms with Crippen LogP contribution in [0, 0.1) is 6.92 Å². The molecule has 3 aromatic carbocycles. The highest BCUT2D eigenvalue weighted by Crippen LogP contribution is 2.50. The fraction of sp³-hybridized carbons (Fsp3) is 0.143. The number of alkyl halides is 5. The lowest BCUT2D eigenvalue weighted by atomic mass is 9.76. The third-order valence-electron chi connectivity index (χ3n) is 5.02. The van der Waals surface area contributed by atoms with Gasteiger partial charge in [-0.25, -0.2) is 0 Å². The quantitative estimate of drug-likeness (QED) is 0.398. The van der Waals surface area contributed by atoms with Gasteiger partial charge in [0.05, 0.1) is 5.56 Å². The Morgan fingerprint density at radius 2 is 1.14 bits per heavy atom. The van der Waals surface area contributed by atoms with Gasteiger partial charge in [-0.3, -0.25) is 9.59 Å². The lowest BCUT2D eigenvalue weighted by Gasteiger charge is -2.29. The molecule has 0 amide bonds. The molecule has 0 N–H and O–H groups in total. The Morgan fingerprint density at radius 1 is 0.679 bits per heavy atom. The third kappa shape index (κ3) is 2.25. The van der Waals surface area contributed by atoms with Crippen molar-refractivity contribution in [2.45, 2.75) is 19.0 Å². The molecule has 1 aliphatic rings. The maximum absolute atomic E-state index is 14.6. The molecule has 1 aliphatic carbocycles. The number of rotatable bonds is 1. The first kappa shape index (κ1) is 18.3. The zero-order valence-electron chi connectivity index (χ0n) is 14.3. The van der Waals surface area contributed by atoms with Crippen LogP contribution in [0.5, 0.6) is 0 Å². The van der Waals surface area contributed by atoms with Crippen molar-refractivity contribution >= 4 is 22.3 Å². The molecule has 0 saturated carbocycles. The van der Waals surface area contributed by atoms with Gasteiger partial charge in [-0.15, -0.1) is 0 Å². The van der Waals surface area contributed by atoms with Crippen LogP contribution < -0.4 is 0 Å². The van der Waals surface area contributed by atoms with E-state index in [1.165, 1.54) is 49.4 Å². The minimum absolute atomic E-state index is 0.0142. The van der Waals surface area contributed by atoms with Crippen LogP contribution in [0.15, 0.2) is 48.5 Å². The van der Waals surface area contributed by atoms with Crippen LogP contribution in [0.1, 0.15) is 43.0 Å².